The molecule has 4 atom stereocenters. The number of carbonyl (C=O) groups excluding carboxylic acids is 3. The van der Waals surface area contributed by atoms with Crippen LogP contribution in [-0.4, -0.2) is 45.6 Å². The zero-order valence-corrected chi connectivity index (χ0v) is 24.8. The molecule has 0 aliphatic carbocycles. The molecule has 3 amide bonds. The van der Waals surface area contributed by atoms with Gasteiger partial charge in [0.15, 0.2) is 0 Å². The molecule has 214 valence electrons. The average molecular weight is 540 g/mol. The van der Waals surface area contributed by atoms with Gasteiger partial charge in [0, 0.05) is 17.3 Å². The van der Waals surface area contributed by atoms with Gasteiger partial charge in [-0.2, -0.15) is 0 Å². The van der Waals surface area contributed by atoms with Crippen molar-refractivity contribution in [2.75, 3.05) is 5.32 Å². The first-order valence-corrected chi connectivity index (χ1v) is 13.7. The summed E-state index contributed by atoms with van der Waals surface area (Å²) in [6.07, 6.45) is 0.451. The molecule has 0 radical (unpaired) electrons. The number of phenolic OH excluding ortho intramolecular Hbond substituents is 1. The molecule has 0 fully saturated rings. The third-order valence-electron chi connectivity index (χ3n) is 6.96. The van der Waals surface area contributed by atoms with E-state index in [9.17, 15) is 19.5 Å². The summed E-state index contributed by atoms with van der Waals surface area (Å²) >= 11 is 0. The van der Waals surface area contributed by atoms with Crippen LogP contribution < -0.4 is 10.6 Å². The first-order chi connectivity index (χ1) is 18.2. The van der Waals surface area contributed by atoms with E-state index in [0.29, 0.717) is 29.7 Å². The molecule has 2 rings (SSSR count). The van der Waals surface area contributed by atoms with Crippen LogP contribution in [0.4, 0.5) is 10.5 Å². The van der Waals surface area contributed by atoms with Crippen LogP contribution in [0.5, 0.6) is 5.75 Å². The Balaban J connectivity index is 2.66. The van der Waals surface area contributed by atoms with Gasteiger partial charge in [0.05, 0.1) is 0 Å². The predicted molar refractivity (Wildman–Crippen MR) is 155 cm³/mol. The molecule has 0 aliphatic heterocycles. The number of nitrogens with one attached hydrogen (secondary N) is 2. The number of rotatable bonds is 10. The molecule has 4 unspecified atom stereocenters. The fourth-order valence-corrected chi connectivity index (χ4v) is 4.31. The van der Waals surface area contributed by atoms with E-state index in [1.165, 1.54) is 4.90 Å². The summed E-state index contributed by atoms with van der Waals surface area (Å²) in [4.78, 5) is 42.7. The zero-order valence-electron chi connectivity index (χ0n) is 24.8. The maximum absolute atomic E-state index is 14.4. The van der Waals surface area contributed by atoms with Crippen molar-refractivity contribution >= 4 is 23.6 Å². The van der Waals surface area contributed by atoms with Crippen molar-refractivity contribution in [1.82, 2.24) is 10.2 Å². The van der Waals surface area contributed by atoms with Crippen LogP contribution in [0.15, 0.2) is 42.5 Å². The van der Waals surface area contributed by atoms with Crippen LogP contribution in [0.3, 0.4) is 0 Å². The van der Waals surface area contributed by atoms with Gasteiger partial charge in [-0.25, -0.2) is 4.79 Å². The number of aryl methyl sites for hydroxylation is 2. The van der Waals surface area contributed by atoms with Crippen molar-refractivity contribution in [3.05, 3.63) is 59.2 Å². The molecule has 0 saturated carbocycles. The molecular weight excluding hydrogens is 494 g/mol. The quantitative estimate of drug-likeness (QED) is 0.330. The number of aromatic hydroxyl groups is 1. The minimum absolute atomic E-state index is 0.0521. The number of phenols is 1. The lowest BCUT2D eigenvalue weighted by molar-refractivity contribution is -0.144. The van der Waals surface area contributed by atoms with Gasteiger partial charge in [0.25, 0.3) is 5.91 Å². The number of nitrogens with zero attached hydrogens (tertiary/aromatic N) is 1. The van der Waals surface area contributed by atoms with E-state index in [-0.39, 0.29) is 11.7 Å². The van der Waals surface area contributed by atoms with Gasteiger partial charge in [-0.15, -0.1) is 0 Å². The summed E-state index contributed by atoms with van der Waals surface area (Å²) < 4.78 is 5.46. The Bertz CT molecular complexity index is 1160. The number of para-hydroxylation sites is 2. The molecule has 0 saturated heterocycles. The molecule has 8 nitrogen and oxygen atoms in total. The number of amides is 3. The number of anilines is 1. The number of alkyl carbamates (subject to hydrolysis) is 1. The molecule has 0 bridgehead atoms. The lowest BCUT2D eigenvalue weighted by Crippen LogP contribution is -2.56. The number of carbonyl (C=O) groups is 3. The second-order valence-electron chi connectivity index (χ2n) is 11.2. The smallest absolute Gasteiger partial charge is 0.408 e. The van der Waals surface area contributed by atoms with E-state index in [2.05, 4.69) is 10.6 Å². The van der Waals surface area contributed by atoms with Gasteiger partial charge in [0.1, 0.15) is 23.4 Å². The maximum atomic E-state index is 14.4. The summed E-state index contributed by atoms with van der Waals surface area (Å²) in [7, 11) is 0. The Hall–Kier alpha value is -3.55. The molecular formula is C31H45N3O5. The average Bonchev–Trinajstić information content (AvgIpc) is 2.86. The van der Waals surface area contributed by atoms with E-state index in [1.54, 1.807) is 52.0 Å². The number of hydrogen-bond acceptors (Lipinski definition) is 5. The van der Waals surface area contributed by atoms with Crippen LogP contribution in [-0.2, 0) is 14.3 Å². The second-order valence-corrected chi connectivity index (χ2v) is 11.2. The molecule has 8 heteroatoms. The Morgan fingerprint density at radius 2 is 1.56 bits per heavy atom. The zero-order chi connectivity index (χ0) is 29.5. The van der Waals surface area contributed by atoms with Gasteiger partial charge in [0.2, 0.25) is 5.91 Å². The Morgan fingerprint density at radius 1 is 0.949 bits per heavy atom. The van der Waals surface area contributed by atoms with E-state index in [1.807, 2.05) is 52.8 Å². The molecule has 0 aromatic heterocycles. The largest absolute Gasteiger partial charge is 0.507 e. The van der Waals surface area contributed by atoms with Crippen molar-refractivity contribution in [2.45, 2.75) is 98.9 Å². The highest BCUT2D eigenvalue weighted by atomic mass is 16.6. The summed E-state index contributed by atoms with van der Waals surface area (Å²) in [5.74, 6) is -1.18. The summed E-state index contributed by atoms with van der Waals surface area (Å²) in [5.41, 5.74) is 1.63. The van der Waals surface area contributed by atoms with Crippen LogP contribution in [0.1, 0.15) is 84.0 Å². The third-order valence-corrected chi connectivity index (χ3v) is 6.96. The Labute approximate surface area is 233 Å². The maximum Gasteiger partial charge on any atom is 0.408 e. The normalized spacial score (nSPS) is 14.5. The molecule has 0 heterocycles. The standard InChI is InChI=1S/C31H45N3O5/c1-10-19(3)25(33-30(38)39-31(7,8)9)29(37)34(22(6)11-2)26(23-17-14-16-21(5)27(23)35)28(36)32-24-18-13-12-15-20(24)4/h12-19,22,25-26,35H,10-11H2,1-9H3,(H,32,36)(H,33,38). The van der Waals surface area contributed by atoms with Crippen LogP contribution in [0, 0.1) is 19.8 Å². The van der Waals surface area contributed by atoms with E-state index in [0.717, 1.165) is 5.56 Å². The van der Waals surface area contributed by atoms with Crippen molar-refractivity contribution < 1.29 is 24.2 Å². The first kappa shape index (κ1) is 31.7. The minimum atomic E-state index is -1.15. The summed E-state index contributed by atoms with van der Waals surface area (Å²) in [6, 6.07) is 10.0. The lowest BCUT2D eigenvalue weighted by atomic mass is 9.93. The molecule has 39 heavy (non-hydrogen) atoms. The highest BCUT2D eigenvalue weighted by Crippen LogP contribution is 2.35. The fraction of sp³-hybridized carbons (Fsp3) is 0.516. The summed E-state index contributed by atoms with van der Waals surface area (Å²) in [5, 5.41) is 16.8. The molecule has 2 aromatic carbocycles. The van der Waals surface area contributed by atoms with Gasteiger partial charge in [-0.05, 0) is 71.1 Å². The van der Waals surface area contributed by atoms with E-state index in [4.69, 9.17) is 4.74 Å². The first-order valence-electron chi connectivity index (χ1n) is 13.7. The predicted octanol–water partition coefficient (Wildman–Crippen LogP) is 6.26. The molecule has 0 spiro atoms. The van der Waals surface area contributed by atoms with E-state index < -0.39 is 41.6 Å². The Morgan fingerprint density at radius 3 is 2.13 bits per heavy atom. The second kappa shape index (κ2) is 13.5. The van der Waals surface area contributed by atoms with Crippen molar-refractivity contribution in [2.24, 2.45) is 5.92 Å². The van der Waals surface area contributed by atoms with Crippen LogP contribution >= 0.6 is 0 Å². The molecule has 0 aliphatic rings. The number of hydrogen-bond donors (Lipinski definition) is 3. The van der Waals surface area contributed by atoms with Crippen molar-refractivity contribution in [3.63, 3.8) is 0 Å². The van der Waals surface area contributed by atoms with Gasteiger partial charge in [-0.3, -0.25) is 9.59 Å². The number of benzene rings is 2. The van der Waals surface area contributed by atoms with Gasteiger partial charge < -0.3 is 25.4 Å². The fourth-order valence-electron chi connectivity index (χ4n) is 4.31. The Kier molecular flexibility index (Phi) is 11.0. The van der Waals surface area contributed by atoms with Crippen LogP contribution in [0.25, 0.3) is 0 Å². The lowest BCUT2D eigenvalue weighted by Gasteiger charge is -2.39. The number of ether oxygens (including phenoxy) is 1. The third kappa shape index (κ3) is 8.22. The molecule has 3 N–H and O–H groups in total. The highest BCUT2D eigenvalue weighted by Gasteiger charge is 2.41. The van der Waals surface area contributed by atoms with Crippen molar-refractivity contribution in [3.8, 4) is 5.75 Å². The minimum Gasteiger partial charge on any atom is -0.507 e. The van der Waals surface area contributed by atoms with Crippen molar-refractivity contribution in [1.29, 1.82) is 0 Å². The molecule has 2 aromatic rings. The summed E-state index contributed by atoms with van der Waals surface area (Å²) in [6.45, 7) is 16.5. The topological polar surface area (TPSA) is 108 Å². The monoisotopic (exact) mass is 539 g/mol. The van der Waals surface area contributed by atoms with Crippen LogP contribution in [0.2, 0.25) is 0 Å². The highest BCUT2D eigenvalue weighted by molar-refractivity contribution is 6.00. The van der Waals surface area contributed by atoms with Gasteiger partial charge in [-0.1, -0.05) is 63.6 Å². The van der Waals surface area contributed by atoms with E-state index >= 15 is 0 Å². The van der Waals surface area contributed by atoms with Gasteiger partial charge >= 0.3 is 6.09 Å². The SMILES string of the molecule is CCC(C)C(NC(=O)OC(C)(C)C)C(=O)N(C(C)CC)C(C(=O)Nc1ccccc1C)c1cccc(C)c1O.